The molecule has 0 aromatic carbocycles. The molecule has 7 aliphatic rings. The van der Waals surface area contributed by atoms with E-state index in [0.717, 1.165) is 17.6 Å². The highest BCUT2D eigenvalue weighted by Crippen LogP contribution is 2.48. The van der Waals surface area contributed by atoms with Crippen LogP contribution >= 0.6 is 0 Å². The SMILES string of the molecule is CC/C=C(\C)C1O[C@]2(CC(O)[C@@H]1C)C[C@@H]1C[C@@H](C/C=C(/C)[C@@H](O[C@H]3C[C@H](OC)[C@@H](O[C@H]4C[C@H](OC)[C@@H](O)[C@H](C)O4)[C@H](C)O3)[C@@H](C)/C=C\C=C3CO[C@@H]4[C@H](O)C(C)=C[C@@H](C(=O)O1)[C@]34O)O2. The van der Waals surface area contributed by atoms with Crippen LogP contribution in [-0.2, 0) is 52.2 Å². The number of methoxy groups -OCH3 is 2. The predicted octanol–water partition coefficient (Wildman–Crippen LogP) is 4.88. The van der Waals surface area contributed by atoms with Crippen LogP contribution in [0, 0.1) is 17.8 Å². The second kappa shape index (κ2) is 20.5. The number of allylic oxidation sites excluding steroid dienone is 3. The van der Waals surface area contributed by atoms with Crippen molar-refractivity contribution >= 4 is 5.97 Å². The minimum atomic E-state index is -1.88. The maximum atomic E-state index is 14.4. The Morgan fingerprint density at radius 1 is 0.906 bits per heavy atom. The smallest absolute Gasteiger partial charge is 0.316 e. The van der Waals surface area contributed by atoms with Gasteiger partial charge in [-0.2, -0.15) is 0 Å². The highest BCUT2D eigenvalue weighted by Gasteiger charge is 2.60. The summed E-state index contributed by atoms with van der Waals surface area (Å²) in [7, 11) is 3.20. The molecule has 64 heavy (non-hydrogen) atoms. The molecule has 360 valence electrons. The Labute approximate surface area is 378 Å². The molecule has 6 aliphatic heterocycles. The first kappa shape index (κ1) is 49.6. The van der Waals surface area contributed by atoms with E-state index in [1.807, 2.05) is 46.8 Å². The molecule has 15 heteroatoms. The molecular weight excluding hydrogens is 829 g/mol. The topological polar surface area (TPSA) is 190 Å². The molecular formula is C49H74O15. The molecule has 0 saturated carbocycles. The van der Waals surface area contributed by atoms with Crippen molar-refractivity contribution in [3.63, 3.8) is 0 Å². The van der Waals surface area contributed by atoms with Crippen LogP contribution in [0.25, 0.3) is 0 Å². The van der Waals surface area contributed by atoms with Gasteiger partial charge in [0.05, 0.1) is 55.4 Å². The zero-order valence-corrected chi connectivity index (χ0v) is 39.3. The van der Waals surface area contributed by atoms with Gasteiger partial charge < -0.3 is 67.8 Å². The zero-order chi connectivity index (χ0) is 46.2. The molecule has 6 heterocycles. The van der Waals surface area contributed by atoms with Crippen molar-refractivity contribution in [3.05, 3.63) is 58.7 Å². The van der Waals surface area contributed by atoms with Gasteiger partial charge in [-0.25, -0.2) is 0 Å². The van der Waals surface area contributed by atoms with Crippen LogP contribution in [-0.4, -0.2) is 151 Å². The molecule has 0 radical (unpaired) electrons. The standard InChI is InChI=1S/C49H74O15/c1-11-13-25(2)44-29(6)36(50)23-48(64-44)22-34-19-33(63-48)17-16-27(4)43(26(3)14-12-15-32-24-57-46-41(51)28(5)18-35(47(53)60-34)49(32,46)54)61-40-21-38(56-10)45(31(8)59-40)62-39-20-37(55-9)42(52)30(7)58-39/h12-16,18,26,29-31,33-46,50-52,54H,11,17,19-24H2,1-10H3/b14-12-,25-13+,27-16-,32-15?/t26-,29-,30-,31-,33+,34-,35-,36?,37-,38-,39-,40-,41+,42-,43-,44?,45-,46+,48-,49+/m0/s1. The zero-order valence-electron chi connectivity index (χ0n) is 39.3. The maximum Gasteiger partial charge on any atom is 0.316 e. The van der Waals surface area contributed by atoms with Crippen molar-refractivity contribution in [3.8, 4) is 0 Å². The molecule has 1 aliphatic carbocycles. The molecule has 0 amide bonds. The number of aliphatic hydroxyl groups is 4. The van der Waals surface area contributed by atoms with Crippen molar-refractivity contribution in [1.29, 1.82) is 0 Å². The van der Waals surface area contributed by atoms with Crippen LogP contribution in [0.3, 0.4) is 0 Å². The highest BCUT2D eigenvalue weighted by atomic mass is 16.7. The minimum Gasteiger partial charge on any atom is -0.462 e. The first-order chi connectivity index (χ1) is 30.4. The number of rotatable bonds is 8. The van der Waals surface area contributed by atoms with Gasteiger partial charge in [0.25, 0.3) is 0 Å². The predicted molar refractivity (Wildman–Crippen MR) is 233 cm³/mol. The van der Waals surface area contributed by atoms with E-state index in [1.165, 1.54) is 0 Å². The summed E-state index contributed by atoms with van der Waals surface area (Å²) in [5.74, 6) is -3.46. The van der Waals surface area contributed by atoms with E-state index in [4.69, 9.17) is 47.4 Å². The Morgan fingerprint density at radius 2 is 1.61 bits per heavy atom. The number of carbonyl (C=O) groups is 1. The van der Waals surface area contributed by atoms with Crippen molar-refractivity contribution < 1.29 is 72.6 Å². The third kappa shape index (κ3) is 10.1. The van der Waals surface area contributed by atoms with Gasteiger partial charge in [-0.15, -0.1) is 0 Å². The average molecular weight is 903 g/mol. The van der Waals surface area contributed by atoms with Gasteiger partial charge in [-0.05, 0) is 69.8 Å². The van der Waals surface area contributed by atoms with Crippen LogP contribution in [0.4, 0.5) is 0 Å². The summed E-state index contributed by atoms with van der Waals surface area (Å²) in [6.07, 6.45) is 4.69. The molecule has 0 aromatic rings. The Bertz CT molecular complexity index is 1790. The fourth-order valence-corrected chi connectivity index (χ4v) is 11.0. The molecule has 2 bridgehead atoms. The number of ether oxygens (including phenoxy) is 10. The van der Waals surface area contributed by atoms with Gasteiger partial charge in [0.15, 0.2) is 18.4 Å². The quantitative estimate of drug-likeness (QED) is 0.190. The number of carbonyl (C=O) groups excluding carboxylic acids is 1. The third-order valence-electron chi connectivity index (χ3n) is 14.8. The molecule has 5 saturated heterocycles. The third-order valence-corrected chi connectivity index (χ3v) is 14.8. The summed E-state index contributed by atoms with van der Waals surface area (Å²) in [5, 5.41) is 45.8. The monoisotopic (exact) mass is 903 g/mol. The lowest BCUT2D eigenvalue weighted by Crippen LogP contribution is -2.59. The molecule has 0 aromatic heterocycles. The number of hydrogen-bond donors (Lipinski definition) is 4. The van der Waals surface area contributed by atoms with Crippen molar-refractivity contribution in [2.75, 3.05) is 20.8 Å². The minimum absolute atomic E-state index is 0.00600. The van der Waals surface area contributed by atoms with E-state index >= 15 is 0 Å². The summed E-state index contributed by atoms with van der Waals surface area (Å²) >= 11 is 0. The van der Waals surface area contributed by atoms with E-state index in [0.29, 0.717) is 36.8 Å². The molecule has 15 nitrogen and oxygen atoms in total. The van der Waals surface area contributed by atoms with E-state index in [2.05, 4.69) is 19.1 Å². The normalized spacial score (nSPS) is 48.4. The second-order valence-corrected chi connectivity index (χ2v) is 19.4. The fraction of sp³-hybridized carbons (Fsp3) is 0.776. The largest absolute Gasteiger partial charge is 0.462 e. The summed E-state index contributed by atoms with van der Waals surface area (Å²) < 4.78 is 63.6. The molecule has 20 atom stereocenters. The first-order valence-electron chi connectivity index (χ1n) is 23.4. The second-order valence-electron chi connectivity index (χ2n) is 19.4. The number of fused-ring (bicyclic) bond motifs is 2. The number of aliphatic hydroxyl groups excluding tert-OH is 3. The average Bonchev–Trinajstić information content (AvgIpc) is 3.59. The fourth-order valence-electron chi connectivity index (χ4n) is 11.0. The molecule has 1 spiro atoms. The van der Waals surface area contributed by atoms with Crippen LogP contribution in [0.5, 0.6) is 0 Å². The molecule has 2 unspecified atom stereocenters. The lowest BCUT2D eigenvalue weighted by molar-refractivity contribution is -0.342. The summed E-state index contributed by atoms with van der Waals surface area (Å²) in [5.41, 5.74) is 0.997. The molecule has 7 rings (SSSR count). The van der Waals surface area contributed by atoms with Gasteiger partial charge in [0, 0.05) is 58.2 Å². The van der Waals surface area contributed by atoms with Gasteiger partial charge in [0.1, 0.15) is 42.0 Å². The van der Waals surface area contributed by atoms with Gasteiger partial charge >= 0.3 is 5.97 Å². The summed E-state index contributed by atoms with van der Waals surface area (Å²) in [6, 6.07) is 0. The Hall–Kier alpha value is -2.35. The lowest BCUT2D eigenvalue weighted by atomic mass is 9.71. The van der Waals surface area contributed by atoms with Crippen LogP contribution < -0.4 is 0 Å². The maximum absolute atomic E-state index is 14.4. The Kier molecular flexibility index (Phi) is 15.9. The highest BCUT2D eigenvalue weighted by molar-refractivity contribution is 5.78. The Morgan fingerprint density at radius 3 is 2.33 bits per heavy atom. The van der Waals surface area contributed by atoms with Crippen LogP contribution in [0.15, 0.2) is 58.7 Å². The van der Waals surface area contributed by atoms with E-state index in [9.17, 15) is 25.2 Å². The molecule has 5 fully saturated rings. The first-order valence-corrected chi connectivity index (χ1v) is 23.4. The Balaban J connectivity index is 1.19. The van der Waals surface area contributed by atoms with Crippen molar-refractivity contribution in [2.45, 2.75) is 204 Å². The lowest BCUT2D eigenvalue weighted by Gasteiger charge is -2.51. The van der Waals surface area contributed by atoms with Gasteiger partial charge in [-0.3, -0.25) is 4.79 Å². The summed E-state index contributed by atoms with van der Waals surface area (Å²) in [6.45, 7) is 15.5. The number of esters is 1. The van der Waals surface area contributed by atoms with Gasteiger partial charge in [-0.1, -0.05) is 57.2 Å². The molecule has 4 N–H and O–H groups in total. The van der Waals surface area contributed by atoms with E-state index in [-0.39, 0.29) is 31.3 Å². The van der Waals surface area contributed by atoms with Crippen molar-refractivity contribution in [2.24, 2.45) is 17.8 Å². The summed E-state index contributed by atoms with van der Waals surface area (Å²) in [4.78, 5) is 14.4. The van der Waals surface area contributed by atoms with E-state index in [1.54, 1.807) is 40.2 Å². The van der Waals surface area contributed by atoms with Crippen LogP contribution in [0.2, 0.25) is 0 Å². The van der Waals surface area contributed by atoms with E-state index < -0.39 is 115 Å². The van der Waals surface area contributed by atoms with Gasteiger partial charge in [0.2, 0.25) is 0 Å². The number of hydrogen-bond acceptors (Lipinski definition) is 15. The van der Waals surface area contributed by atoms with Crippen molar-refractivity contribution in [1.82, 2.24) is 0 Å². The van der Waals surface area contributed by atoms with Crippen LogP contribution in [0.1, 0.15) is 100 Å².